The van der Waals surface area contributed by atoms with Gasteiger partial charge in [-0.15, -0.1) is 0 Å². The summed E-state index contributed by atoms with van der Waals surface area (Å²) in [6.45, 7) is 10.0. The summed E-state index contributed by atoms with van der Waals surface area (Å²) in [4.78, 5) is 20.1. The van der Waals surface area contributed by atoms with Crippen molar-refractivity contribution in [1.29, 1.82) is 0 Å². The molecule has 0 saturated carbocycles. The van der Waals surface area contributed by atoms with Gasteiger partial charge in [-0.25, -0.2) is 4.98 Å². The van der Waals surface area contributed by atoms with Crippen LogP contribution in [0.4, 0.5) is 11.4 Å². The van der Waals surface area contributed by atoms with Gasteiger partial charge in [-0.05, 0) is 90.6 Å². The number of hydrogen-bond donors (Lipinski definition) is 1. The Hall–Kier alpha value is -4.21. The van der Waals surface area contributed by atoms with Crippen LogP contribution in [-0.2, 0) is 32.6 Å². The third-order valence-corrected chi connectivity index (χ3v) is 9.02. The van der Waals surface area contributed by atoms with Gasteiger partial charge in [-0.3, -0.25) is 9.00 Å². The number of aromatic nitrogens is 2. The van der Waals surface area contributed by atoms with E-state index in [-0.39, 0.29) is 5.91 Å². The number of ether oxygens (including phenoxy) is 2. The van der Waals surface area contributed by atoms with Crippen LogP contribution in [-0.4, -0.2) is 53.1 Å². The first-order valence-corrected chi connectivity index (χ1v) is 17.9. The van der Waals surface area contributed by atoms with Gasteiger partial charge in [0.1, 0.15) is 12.4 Å². The zero-order chi connectivity index (χ0) is 33.4. The molecule has 9 heteroatoms. The van der Waals surface area contributed by atoms with Crippen molar-refractivity contribution in [3.8, 4) is 16.9 Å². The maximum absolute atomic E-state index is 13.0. The molecule has 0 aliphatic carbocycles. The lowest BCUT2D eigenvalue weighted by atomic mass is 10.0. The highest BCUT2D eigenvalue weighted by Crippen LogP contribution is 2.30. The van der Waals surface area contributed by atoms with Gasteiger partial charge in [-0.2, -0.15) is 0 Å². The molecule has 0 aliphatic rings. The molecule has 0 radical (unpaired) electrons. The van der Waals surface area contributed by atoms with Crippen LogP contribution in [0.3, 0.4) is 0 Å². The second-order valence-electron chi connectivity index (χ2n) is 11.4. The average Bonchev–Trinajstić information content (AvgIpc) is 3.52. The zero-order valence-corrected chi connectivity index (χ0v) is 28.9. The molecule has 0 spiro atoms. The van der Waals surface area contributed by atoms with Crippen LogP contribution in [0.25, 0.3) is 17.2 Å². The normalized spacial score (nSPS) is 11.9. The molecular weight excluding hydrogens is 609 g/mol. The van der Waals surface area contributed by atoms with Crippen LogP contribution in [0.1, 0.15) is 57.7 Å². The Kier molecular flexibility index (Phi) is 14.3. The van der Waals surface area contributed by atoms with E-state index in [0.717, 1.165) is 79.2 Å². The van der Waals surface area contributed by atoms with Crippen LogP contribution in [0.5, 0.6) is 5.75 Å². The van der Waals surface area contributed by atoms with Crippen LogP contribution in [0.2, 0.25) is 0 Å². The topological polar surface area (TPSA) is 85.7 Å². The summed E-state index contributed by atoms with van der Waals surface area (Å²) in [5.74, 6) is 0.967. The fourth-order valence-electron chi connectivity index (χ4n) is 5.15. The highest BCUT2D eigenvalue weighted by molar-refractivity contribution is 7.84. The van der Waals surface area contributed by atoms with Crippen molar-refractivity contribution in [1.82, 2.24) is 9.55 Å². The lowest BCUT2D eigenvalue weighted by Gasteiger charge is -2.21. The predicted molar refractivity (Wildman–Crippen MR) is 193 cm³/mol. The third-order valence-electron chi connectivity index (χ3n) is 7.67. The number of rotatable bonds is 19. The van der Waals surface area contributed by atoms with E-state index >= 15 is 0 Å². The fraction of sp³-hybridized carbons (Fsp3) is 0.368. The first kappa shape index (κ1) is 35.6. The van der Waals surface area contributed by atoms with Crippen LogP contribution in [0.15, 0.2) is 90.2 Å². The minimum atomic E-state index is -1.21. The molecule has 1 N–H and O–H groups in total. The maximum atomic E-state index is 13.0. The van der Waals surface area contributed by atoms with Gasteiger partial charge in [0.25, 0.3) is 0 Å². The van der Waals surface area contributed by atoms with Crippen LogP contribution >= 0.6 is 0 Å². The zero-order valence-electron chi connectivity index (χ0n) is 28.1. The van der Waals surface area contributed by atoms with E-state index < -0.39 is 10.8 Å². The fourth-order valence-corrected chi connectivity index (χ4v) is 6.26. The Bertz CT molecular complexity index is 1600. The number of benzene rings is 3. The van der Waals surface area contributed by atoms with Gasteiger partial charge < -0.3 is 24.3 Å². The molecular formula is C38H48N4O4S. The number of aryl methyl sites for hydroxylation is 1. The predicted octanol–water partition coefficient (Wildman–Crippen LogP) is 7.96. The Balaban J connectivity index is 1.40. The average molecular weight is 657 g/mol. The smallest absolute Gasteiger partial charge is 0.248 e. The molecule has 0 aliphatic heterocycles. The number of anilines is 2. The lowest BCUT2D eigenvalue weighted by Crippen LogP contribution is -2.18. The quantitative estimate of drug-likeness (QED) is 0.0814. The molecule has 4 rings (SSSR count). The summed E-state index contributed by atoms with van der Waals surface area (Å²) in [7, 11) is 0.854. The summed E-state index contributed by atoms with van der Waals surface area (Å²) in [6, 6.07) is 21.6. The van der Waals surface area contributed by atoms with Gasteiger partial charge >= 0.3 is 0 Å². The minimum Gasteiger partial charge on any atom is -0.491 e. The number of imidazole rings is 1. The van der Waals surface area contributed by atoms with Crippen LogP contribution < -0.4 is 15.0 Å². The van der Waals surface area contributed by atoms with E-state index in [2.05, 4.69) is 73.4 Å². The van der Waals surface area contributed by atoms with Gasteiger partial charge in [-0.1, -0.05) is 45.4 Å². The van der Waals surface area contributed by atoms with Crippen molar-refractivity contribution < 1.29 is 18.5 Å². The molecule has 1 heterocycles. The van der Waals surface area contributed by atoms with Crippen molar-refractivity contribution in [2.75, 3.05) is 43.6 Å². The number of hydrogen-bond acceptors (Lipinski definition) is 6. The molecule has 8 nitrogen and oxygen atoms in total. The van der Waals surface area contributed by atoms with E-state index in [4.69, 9.17) is 9.47 Å². The highest BCUT2D eigenvalue weighted by atomic mass is 32.2. The van der Waals surface area contributed by atoms with E-state index in [1.165, 1.54) is 0 Å². The van der Waals surface area contributed by atoms with Crippen molar-refractivity contribution in [2.24, 2.45) is 0 Å². The molecule has 250 valence electrons. The molecule has 47 heavy (non-hydrogen) atoms. The Morgan fingerprint density at radius 2 is 1.70 bits per heavy atom. The molecule has 0 fully saturated rings. The van der Waals surface area contributed by atoms with Gasteiger partial charge in [0.15, 0.2) is 0 Å². The highest BCUT2D eigenvalue weighted by Gasteiger charge is 2.11. The van der Waals surface area contributed by atoms with Crippen molar-refractivity contribution in [3.05, 3.63) is 96.6 Å². The number of nitrogens with zero attached hydrogens (tertiary/aromatic N) is 3. The Morgan fingerprint density at radius 3 is 2.43 bits per heavy atom. The van der Waals surface area contributed by atoms with E-state index in [0.29, 0.717) is 29.5 Å². The number of amides is 1. The molecule has 1 atom stereocenters. The van der Waals surface area contributed by atoms with E-state index in [9.17, 15) is 9.00 Å². The van der Waals surface area contributed by atoms with Crippen molar-refractivity contribution in [2.45, 2.75) is 63.6 Å². The van der Waals surface area contributed by atoms with E-state index in [1.807, 2.05) is 22.8 Å². The first-order chi connectivity index (χ1) is 22.9. The third kappa shape index (κ3) is 10.9. The molecule has 0 unspecified atom stereocenters. The lowest BCUT2D eigenvalue weighted by molar-refractivity contribution is -0.111. The molecule has 0 bridgehead atoms. The Labute approximate surface area is 282 Å². The summed E-state index contributed by atoms with van der Waals surface area (Å²) < 4.78 is 26.4. The second kappa shape index (κ2) is 18.8. The van der Waals surface area contributed by atoms with Gasteiger partial charge in [0, 0.05) is 55.3 Å². The molecule has 1 aromatic heterocycles. The SMILES string of the molecule is CCCCOCCOc1ccc(-c2ccc(N(C)CCC)c(/C=C/C(=O)Nc3ccc([S@@](=O)Cc4cncn4CCC)cc3)c2)cc1. The molecule has 4 aromatic rings. The minimum absolute atomic E-state index is 0.239. The summed E-state index contributed by atoms with van der Waals surface area (Å²) >= 11 is 0. The molecule has 3 aromatic carbocycles. The van der Waals surface area contributed by atoms with Crippen LogP contribution in [0, 0.1) is 0 Å². The van der Waals surface area contributed by atoms with Gasteiger partial charge in [0.2, 0.25) is 5.91 Å². The molecule has 1 amide bonds. The summed E-state index contributed by atoms with van der Waals surface area (Å²) in [5, 5.41) is 2.93. The van der Waals surface area contributed by atoms with Crippen molar-refractivity contribution in [3.63, 3.8) is 0 Å². The maximum Gasteiger partial charge on any atom is 0.248 e. The number of nitrogens with one attached hydrogen (secondary N) is 1. The molecule has 0 saturated heterocycles. The number of carbonyl (C=O) groups excluding carboxylic acids is 1. The standard InChI is InChI=1S/C38H48N4O4S/c1-5-8-23-45-24-25-46-35-15-9-30(10-16-35)31-11-19-37(41(4)21-6-2)32(26-31)12-20-38(43)40-33-13-17-36(18-14-33)47(44)28-34-27-39-29-42(34)22-7-3/h9-20,26-27,29H,5-8,21-25,28H2,1-4H3,(H,40,43)/b20-12+/t47-/m0/s1. The second-order valence-corrected chi connectivity index (χ2v) is 12.9. The monoisotopic (exact) mass is 656 g/mol. The van der Waals surface area contributed by atoms with E-state index in [1.54, 1.807) is 42.9 Å². The first-order valence-electron chi connectivity index (χ1n) is 16.5. The largest absolute Gasteiger partial charge is 0.491 e. The summed E-state index contributed by atoms with van der Waals surface area (Å²) in [6.07, 6.45) is 11.2. The Morgan fingerprint density at radius 1 is 0.936 bits per heavy atom. The number of carbonyl (C=O) groups is 1. The summed E-state index contributed by atoms with van der Waals surface area (Å²) in [5.41, 5.74) is 5.71. The van der Waals surface area contributed by atoms with Crippen molar-refractivity contribution >= 4 is 34.2 Å². The van der Waals surface area contributed by atoms with Gasteiger partial charge in [0.05, 0.1) is 35.2 Å². The number of unbranched alkanes of at least 4 members (excludes halogenated alkanes) is 1.